The summed E-state index contributed by atoms with van der Waals surface area (Å²) < 4.78 is 5.98. The van der Waals surface area contributed by atoms with Crippen LogP contribution in [0.3, 0.4) is 0 Å². The fourth-order valence-electron chi connectivity index (χ4n) is 2.69. The lowest BCUT2D eigenvalue weighted by Crippen LogP contribution is -2.45. The third-order valence-electron chi connectivity index (χ3n) is 3.54. The summed E-state index contributed by atoms with van der Waals surface area (Å²) in [6, 6.07) is 6.26. The van der Waals surface area contributed by atoms with Gasteiger partial charge in [0, 0.05) is 13.5 Å². The summed E-state index contributed by atoms with van der Waals surface area (Å²) in [5.41, 5.74) is 2.20. The summed E-state index contributed by atoms with van der Waals surface area (Å²) >= 11 is 0. The van der Waals surface area contributed by atoms with E-state index < -0.39 is 5.97 Å². The topological polar surface area (TPSA) is 49.8 Å². The van der Waals surface area contributed by atoms with Gasteiger partial charge in [-0.2, -0.15) is 0 Å². The molecular weight excluding hydrogens is 254 g/mol. The molecule has 0 aliphatic carbocycles. The van der Waals surface area contributed by atoms with Gasteiger partial charge < -0.3 is 14.7 Å². The summed E-state index contributed by atoms with van der Waals surface area (Å²) in [7, 11) is 2.08. The zero-order valence-corrected chi connectivity index (χ0v) is 12.5. The van der Waals surface area contributed by atoms with Gasteiger partial charge in [-0.25, -0.2) is 0 Å². The second-order valence-electron chi connectivity index (χ2n) is 6.12. The Morgan fingerprint density at radius 3 is 2.85 bits per heavy atom. The predicted octanol–water partition coefficient (Wildman–Crippen LogP) is 3.09. The Hall–Kier alpha value is -1.71. The first-order valence-corrected chi connectivity index (χ1v) is 7.12. The standard InChI is InChI=1S/C16H23NO3/c1-16(2)11-17(3)13-10-12(8-9-14(13)20-16)6-4-5-7-15(18)19/h8-10H,4-7,11H2,1-3H3,(H,18,19). The second-order valence-corrected chi connectivity index (χ2v) is 6.12. The lowest BCUT2D eigenvalue weighted by Gasteiger charge is -2.39. The molecule has 0 spiro atoms. The van der Waals surface area contributed by atoms with Crippen molar-refractivity contribution in [3.8, 4) is 5.75 Å². The van der Waals surface area contributed by atoms with E-state index in [-0.39, 0.29) is 12.0 Å². The minimum absolute atomic E-state index is 0.162. The van der Waals surface area contributed by atoms with E-state index in [9.17, 15) is 4.79 Å². The van der Waals surface area contributed by atoms with Crippen LogP contribution in [0.15, 0.2) is 18.2 Å². The Morgan fingerprint density at radius 2 is 2.15 bits per heavy atom. The first kappa shape index (κ1) is 14.7. The van der Waals surface area contributed by atoms with Gasteiger partial charge in [0.25, 0.3) is 0 Å². The van der Waals surface area contributed by atoms with Crippen LogP contribution in [0.25, 0.3) is 0 Å². The van der Waals surface area contributed by atoms with Gasteiger partial charge >= 0.3 is 5.97 Å². The van der Waals surface area contributed by atoms with Crippen LogP contribution in [0.2, 0.25) is 0 Å². The molecule has 1 aliphatic heterocycles. The molecule has 1 aliphatic rings. The van der Waals surface area contributed by atoms with Gasteiger partial charge in [0.15, 0.2) is 0 Å². The van der Waals surface area contributed by atoms with E-state index in [1.165, 1.54) is 5.56 Å². The van der Waals surface area contributed by atoms with Crippen LogP contribution >= 0.6 is 0 Å². The molecule has 0 saturated heterocycles. The Bertz CT molecular complexity index is 496. The Morgan fingerprint density at radius 1 is 1.40 bits per heavy atom. The summed E-state index contributed by atoms with van der Waals surface area (Å²) in [6.45, 7) is 5.04. The van der Waals surface area contributed by atoms with E-state index in [1.54, 1.807) is 0 Å². The lowest BCUT2D eigenvalue weighted by molar-refractivity contribution is -0.137. The van der Waals surface area contributed by atoms with Crippen LogP contribution in [-0.4, -0.2) is 30.3 Å². The quantitative estimate of drug-likeness (QED) is 0.840. The molecule has 0 saturated carbocycles. The average Bonchev–Trinajstić information content (AvgIpc) is 2.33. The van der Waals surface area contributed by atoms with Crippen molar-refractivity contribution < 1.29 is 14.6 Å². The predicted molar refractivity (Wildman–Crippen MR) is 79.6 cm³/mol. The largest absolute Gasteiger partial charge is 0.484 e. The third kappa shape index (κ3) is 3.65. The number of carbonyl (C=O) groups is 1. The number of unbranched alkanes of at least 4 members (excludes halogenated alkanes) is 1. The van der Waals surface area contributed by atoms with Gasteiger partial charge in [-0.3, -0.25) is 4.79 Å². The first-order valence-electron chi connectivity index (χ1n) is 7.12. The van der Waals surface area contributed by atoms with Gasteiger partial charge in [-0.05, 0) is 50.8 Å². The van der Waals surface area contributed by atoms with E-state index in [1.807, 2.05) is 6.07 Å². The maximum atomic E-state index is 10.5. The van der Waals surface area contributed by atoms with Gasteiger partial charge in [-0.15, -0.1) is 0 Å². The lowest BCUT2D eigenvalue weighted by atomic mass is 10.0. The van der Waals surface area contributed by atoms with Crippen molar-refractivity contribution in [3.63, 3.8) is 0 Å². The fraction of sp³-hybridized carbons (Fsp3) is 0.562. The van der Waals surface area contributed by atoms with Crippen molar-refractivity contribution in [2.75, 3.05) is 18.5 Å². The number of nitrogens with zero attached hydrogens (tertiary/aromatic N) is 1. The molecule has 0 radical (unpaired) electrons. The molecule has 1 aromatic carbocycles. The van der Waals surface area contributed by atoms with Crippen molar-refractivity contribution in [1.29, 1.82) is 0 Å². The van der Waals surface area contributed by atoms with Crippen LogP contribution in [-0.2, 0) is 11.2 Å². The molecule has 2 rings (SSSR count). The normalized spacial score (nSPS) is 16.4. The highest BCUT2D eigenvalue weighted by Crippen LogP contribution is 2.36. The molecule has 0 bridgehead atoms. The van der Waals surface area contributed by atoms with Gasteiger partial charge in [0.05, 0.1) is 12.2 Å². The molecule has 0 fully saturated rings. The molecule has 0 amide bonds. The highest BCUT2D eigenvalue weighted by atomic mass is 16.5. The van der Waals surface area contributed by atoms with Gasteiger partial charge in [-0.1, -0.05) is 6.07 Å². The minimum Gasteiger partial charge on any atom is -0.484 e. The highest BCUT2D eigenvalue weighted by Gasteiger charge is 2.29. The van der Waals surface area contributed by atoms with Crippen LogP contribution in [0.4, 0.5) is 5.69 Å². The number of likely N-dealkylation sites (N-methyl/N-ethyl adjacent to an activating group) is 1. The van der Waals surface area contributed by atoms with Crippen molar-refractivity contribution in [2.24, 2.45) is 0 Å². The van der Waals surface area contributed by atoms with E-state index in [0.717, 1.165) is 37.2 Å². The first-order chi connectivity index (χ1) is 9.37. The molecule has 20 heavy (non-hydrogen) atoms. The van der Waals surface area contributed by atoms with Crippen molar-refractivity contribution in [2.45, 2.75) is 45.1 Å². The molecule has 0 unspecified atom stereocenters. The molecule has 1 aromatic rings. The van der Waals surface area contributed by atoms with Crippen LogP contribution in [0, 0.1) is 0 Å². The Kier molecular flexibility index (Phi) is 4.21. The minimum atomic E-state index is -0.717. The zero-order valence-electron chi connectivity index (χ0n) is 12.5. The SMILES string of the molecule is CN1CC(C)(C)Oc2ccc(CCCCC(=O)O)cc21. The summed E-state index contributed by atoms with van der Waals surface area (Å²) in [5.74, 6) is 0.212. The number of carboxylic acids is 1. The van der Waals surface area contributed by atoms with E-state index >= 15 is 0 Å². The van der Waals surface area contributed by atoms with Gasteiger partial charge in [0.2, 0.25) is 0 Å². The van der Waals surface area contributed by atoms with Crippen molar-refractivity contribution in [1.82, 2.24) is 0 Å². The van der Waals surface area contributed by atoms with Crippen molar-refractivity contribution in [3.05, 3.63) is 23.8 Å². The number of rotatable bonds is 5. The zero-order chi connectivity index (χ0) is 14.8. The summed E-state index contributed by atoms with van der Waals surface area (Å²) in [6.07, 6.45) is 2.80. The maximum Gasteiger partial charge on any atom is 0.303 e. The number of fused-ring (bicyclic) bond motifs is 1. The Labute approximate surface area is 120 Å². The molecular formula is C16H23NO3. The van der Waals surface area contributed by atoms with Crippen LogP contribution in [0.1, 0.15) is 38.7 Å². The third-order valence-corrected chi connectivity index (χ3v) is 3.54. The number of benzene rings is 1. The maximum absolute atomic E-state index is 10.5. The second kappa shape index (κ2) is 5.73. The number of hydrogen-bond donors (Lipinski definition) is 1. The number of aliphatic carboxylic acids is 1. The number of anilines is 1. The molecule has 4 nitrogen and oxygen atoms in total. The summed E-state index contributed by atoms with van der Waals surface area (Å²) in [5, 5.41) is 8.63. The number of carboxylic acid groups (broad SMARTS) is 1. The molecule has 0 atom stereocenters. The van der Waals surface area contributed by atoms with E-state index in [4.69, 9.17) is 9.84 Å². The molecule has 1 N–H and O–H groups in total. The summed E-state index contributed by atoms with van der Waals surface area (Å²) in [4.78, 5) is 12.7. The number of ether oxygens (including phenoxy) is 1. The molecule has 4 heteroatoms. The van der Waals surface area contributed by atoms with Crippen LogP contribution in [0.5, 0.6) is 5.75 Å². The van der Waals surface area contributed by atoms with Crippen LogP contribution < -0.4 is 9.64 Å². The Balaban J connectivity index is 2.01. The van der Waals surface area contributed by atoms with E-state index in [0.29, 0.717) is 0 Å². The number of aryl methyl sites for hydroxylation is 1. The molecule has 110 valence electrons. The smallest absolute Gasteiger partial charge is 0.303 e. The fourth-order valence-corrected chi connectivity index (χ4v) is 2.69. The monoisotopic (exact) mass is 277 g/mol. The molecule has 0 aromatic heterocycles. The molecule has 1 heterocycles. The average molecular weight is 277 g/mol. The highest BCUT2D eigenvalue weighted by molar-refractivity contribution is 5.66. The number of hydrogen-bond acceptors (Lipinski definition) is 3. The van der Waals surface area contributed by atoms with Crippen molar-refractivity contribution >= 4 is 11.7 Å². The van der Waals surface area contributed by atoms with Gasteiger partial charge in [0.1, 0.15) is 11.4 Å². The van der Waals surface area contributed by atoms with E-state index in [2.05, 4.69) is 37.9 Å².